The first-order chi connectivity index (χ1) is 9.20. The zero-order valence-corrected chi connectivity index (χ0v) is 10.2. The van der Waals surface area contributed by atoms with Gasteiger partial charge in [-0.2, -0.15) is 5.26 Å². The van der Waals surface area contributed by atoms with Crippen LogP contribution in [0.15, 0.2) is 36.7 Å². The minimum atomic E-state index is -0.226. The first-order valence-electron chi connectivity index (χ1n) is 5.71. The maximum absolute atomic E-state index is 11.6. The van der Waals surface area contributed by atoms with Crippen molar-refractivity contribution < 1.29 is 4.79 Å². The molecule has 0 aliphatic rings. The molecule has 0 radical (unpaired) electrons. The summed E-state index contributed by atoms with van der Waals surface area (Å²) in [6, 6.07) is 9.12. The van der Waals surface area contributed by atoms with Crippen LogP contribution in [0.1, 0.15) is 0 Å². The molecule has 96 valence electrons. The molecular formula is C13H13N5O. The summed E-state index contributed by atoms with van der Waals surface area (Å²) >= 11 is 0. The van der Waals surface area contributed by atoms with Crippen molar-refractivity contribution in [2.24, 2.45) is 0 Å². The third-order valence-electron chi connectivity index (χ3n) is 2.56. The lowest BCUT2D eigenvalue weighted by Crippen LogP contribution is -2.27. The Kier molecular flexibility index (Phi) is 3.78. The van der Waals surface area contributed by atoms with Gasteiger partial charge >= 0.3 is 0 Å². The molecule has 1 amide bonds. The molecule has 3 N–H and O–H groups in total. The second-order valence-electron chi connectivity index (χ2n) is 3.94. The van der Waals surface area contributed by atoms with E-state index in [-0.39, 0.29) is 19.0 Å². The molecule has 1 aromatic carbocycles. The Hall–Kier alpha value is -2.81. The number of hydrogen-bond acceptors (Lipinski definition) is 4. The van der Waals surface area contributed by atoms with Gasteiger partial charge in [0.05, 0.1) is 6.07 Å². The van der Waals surface area contributed by atoms with Gasteiger partial charge in [-0.05, 0) is 24.3 Å². The summed E-state index contributed by atoms with van der Waals surface area (Å²) in [4.78, 5) is 15.8. The van der Waals surface area contributed by atoms with Crippen molar-refractivity contribution in [3.05, 3.63) is 36.7 Å². The number of rotatable bonds is 4. The van der Waals surface area contributed by atoms with Crippen LogP contribution in [0.5, 0.6) is 0 Å². The highest BCUT2D eigenvalue weighted by Gasteiger charge is 2.09. The van der Waals surface area contributed by atoms with E-state index in [0.717, 1.165) is 5.56 Å². The lowest BCUT2D eigenvalue weighted by molar-refractivity contribution is -0.121. The molecule has 1 aromatic heterocycles. The Labute approximate surface area is 110 Å². The predicted octanol–water partition coefficient (Wildman–Crippen LogP) is 0.772. The van der Waals surface area contributed by atoms with Crippen LogP contribution in [-0.4, -0.2) is 22.0 Å². The van der Waals surface area contributed by atoms with Crippen LogP contribution in [0.25, 0.3) is 11.4 Å². The van der Waals surface area contributed by atoms with Crippen LogP contribution < -0.4 is 11.1 Å². The molecule has 6 nitrogen and oxygen atoms in total. The summed E-state index contributed by atoms with van der Waals surface area (Å²) in [5.74, 6) is 0.461. The van der Waals surface area contributed by atoms with Crippen molar-refractivity contribution in [1.82, 2.24) is 14.9 Å². The number of nitriles is 1. The summed E-state index contributed by atoms with van der Waals surface area (Å²) in [7, 11) is 0. The van der Waals surface area contributed by atoms with Gasteiger partial charge in [0, 0.05) is 23.6 Å². The molecule has 19 heavy (non-hydrogen) atoms. The lowest BCUT2D eigenvalue weighted by atomic mass is 10.2. The average molecular weight is 255 g/mol. The molecule has 0 unspecified atom stereocenters. The highest BCUT2D eigenvalue weighted by molar-refractivity contribution is 5.76. The highest BCUT2D eigenvalue weighted by Crippen LogP contribution is 2.18. The van der Waals surface area contributed by atoms with Crippen LogP contribution in [-0.2, 0) is 11.3 Å². The molecule has 1 heterocycles. The Morgan fingerprint density at radius 3 is 2.84 bits per heavy atom. The Morgan fingerprint density at radius 1 is 1.42 bits per heavy atom. The number of nitrogens with two attached hydrogens (primary N) is 1. The molecule has 6 heteroatoms. The third-order valence-corrected chi connectivity index (χ3v) is 2.56. The Morgan fingerprint density at radius 2 is 2.16 bits per heavy atom. The Balaban J connectivity index is 2.16. The number of nitrogens with one attached hydrogen (secondary N) is 1. The number of carbonyl (C=O) groups excluding carboxylic acids is 1. The second kappa shape index (κ2) is 5.69. The number of benzene rings is 1. The molecule has 0 aliphatic carbocycles. The number of hydrogen-bond donors (Lipinski definition) is 2. The van der Waals surface area contributed by atoms with E-state index in [2.05, 4.69) is 10.3 Å². The lowest BCUT2D eigenvalue weighted by Gasteiger charge is -2.07. The van der Waals surface area contributed by atoms with E-state index >= 15 is 0 Å². The van der Waals surface area contributed by atoms with E-state index in [9.17, 15) is 4.79 Å². The number of amides is 1. The monoisotopic (exact) mass is 255 g/mol. The van der Waals surface area contributed by atoms with Gasteiger partial charge in [-0.3, -0.25) is 4.79 Å². The predicted molar refractivity (Wildman–Crippen MR) is 70.7 cm³/mol. The van der Waals surface area contributed by atoms with E-state index in [1.54, 1.807) is 29.1 Å². The van der Waals surface area contributed by atoms with Crippen LogP contribution in [0.4, 0.5) is 5.69 Å². The summed E-state index contributed by atoms with van der Waals surface area (Å²) < 4.78 is 1.72. The average Bonchev–Trinajstić information content (AvgIpc) is 2.85. The second-order valence-corrected chi connectivity index (χ2v) is 3.94. The van der Waals surface area contributed by atoms with Crippen molar-refractivity contribution in [2.45, 2.75) is 6.54 Å². The molecule has 0 saturated carbocycles. The molecule has 0 saturated heterocycles. The van der Waals surface area contributed by atoms with E-state index in [1.165, 1.54) is 0 Å². The van der Waals surface area contributed by atoms with Crippen LogP contribution >= 0.6 is 0 Å². The zero-order valence-electron chi connectivity index (χ0n) is 10.2. The van der Waals surface area contributed by atoms with Gasteiger partial charge in [-0.15, -0.1) is 0 Å². The number of nitrogen functional groups attached to an aromatic ring is 1. The molecule has 0 fully saturated rings. The third kappa shape index (κ3) is 3.10. The van der Waals surface area contributed by atoms with Gasteiger partial charge in [-0.1, -0.05) is 0 Å². The van der Waals surface area contributed by atoms with Gasteiger partial charge < -0.3 is 15.6 Å². The number of carbonyl (C=O) groups is 1. The van der Waals surface area contributed by atoms with E-state index < -0.39 is 0 Å². The number of nitrogens with zero attached hydrogens (tertiary/aromatic N) is 3. The van der Waals surface area contributed by atoms with Crippen molar-refractivity contribution in [2.75, 3.05) is 12.3 Å². The largest absolute Gasteiger partial charge is 0.399 e. The number of aromatic nitrogens is 2. The molecule has 0 aliphatic heterocycles. The van der Waals surface area contributed by atoms with Crippen LogP contribution in [0, 0.1) is 11.3 Å². The van der Waals surface area contributed by atoms with Crippen LogP contribution in [0.3, 0.4) is 0 Å². The normalized spacial score (nSPS) is 9.84. The first kappa shape index (κ1) is 12.6. The molecular weight excluding hydrogens is 242 g/mol. The summed E-state index contributed by atoms with van der Waals surface area (Å²) in [6.07, 6.45) is 3.35. The smallest absolute Gasteiger partial charge is 0.240 e. The first-order valence-corrected chi connectivity index (χ1v) is 5.71. The van der Waals surface area contributed by atoms with Crippen molar-refractivity contribution >= 4 is 11.6 Å². The molecule has 0 bridgehead atoms. The quantitative estimate of drug-likeness (QED) is 0.623. The summed E-state index contributed by atoms with van der Waals surface area (Å²) in [5, 5.41) is 10.9. The number of anilines is 1. The maximum atomic E-state index is 11.6. The van der Waals surface area contributed by atoms with Gasteiger partial charge in [0.1, 0.15) is 18.9 Å². The minimum Gasteiger partial charge on any atom is -0.399 e. The summed E-state index contributed by atoms with van der Waals surface area (Å²) in [6.45, 7) is 0.131. The van der Waals surface area contributed by atoms with Gasteiger partial charge in [0.2, 0.25) is 5.91 Å². The van der Waals surface area contributed by atoms with Gasteiger partial charge in [0.25, 0.3) is 0 Å². The van der Waals surface area contributed by atoms with E-state index in [0.29, 0.717) is 11.5 Å². The fourth-order valence-electron chi connectivity index (χ4n) is 1.68. The van der Waals surface area contributed by atoms with Gasteiger partial charge in [-0.25, -0.2) is 4.98 Å². The molecule has 2 rings (SSSR count). The standard InChI is InChI=1S/C13H13N5O/c14-5-6-16-12(19)9-18-8-7-17-13(18)10-1-3-11(15)4-2-10/h1-4,7-8H,6,9,15H2,(H,16,19). The topological polar surface area (TPSA) is 96.7 Å². The Bertz CT molecular complexity index is 609. The van der Waals surface area contributed by atoms with E-state index in [4.69, 9.17) is 11.0 Å². The van der Waals surface area contributed by atoms with Crippen molar-refractivity contribution in [1.29, 1.82) is 5.26 Å². The fraction of sp³-hybridized carbons (Fsp3) is 0.154. The van der Waals surface area contributed by atoms with E-state index in [1.807, 2.05) is 18.2 Å². The zero-order chi connectivity index (χ0) is 13.7. The fourth-order valence-corrected chi connectivity index (χ4v) is 1.68. The maximum Gasteiger partial charge on any atom is 0.240 e. The van der Waals surface area contributed by atoms with Crippen molar-refractivity contribution in [3.8, 4) is 17.5 Å². The number of imidazole rings is 1. The SMILES string of the molecule is N#CCNC(=O)Cn1ccnc1-c1ccc(N)cc1. The van der Waals surface area contributed by atoms with Crippen molar-refractivity contribution in [3.63, 3.8) is 0 Å². The summed E-state index contributed by atoms with van der Waals surface area (Å²) in [5.41, 5.74) is 7.19. The molecule has 2 aromatic rings. The highest BCUT2D eigenvalue weighted by atomic mass is 16.1. The van der Waals surface area contributed by atoms with Crippen LogP contribution in [0.2, 0.25) is 0 Å². The minimum absolute atomic E-state index is 0.00470. The van der Waals surface area contributed by atoms with Gasteiger partial charge in [0.15, 0.2) is 0 Å². The molecule has 0 spiro atoms. The molecule has 0 atom stereocenters.